The lowest BCUT2D eigenvalue weighted by Crippen LogP contribution is -2.39. The SMILES string of the molecule is CCNC(=NCCCN(C)CCOC)N(C)Cc1cc(Br)cn1C.I. The first kappa shape index (κ1) is 24.7. The van der Waals surface area contributed by atoms with Crippen LogP contribution < -0.4 is 5.32 Å². The van der Waals surface area contributed by atoms with E-state index in [2.05, 4.69) is 75.9 Å². The Morgan fingerprint density at radius 1 is 1.36 bits per heavy atom. The topological polar surface area (TPSA) is 45.0 Å². The second-order valence-electron chi connectivity index (χ2n) is 6.00. The molecule has 1 rings (SSSR count). The number of ether oxygens (including phenoxy) is 1. The van der Waals surface area contributed by atoms with Gasteiger partial charge in [0.05, 0.1) is 13.2 Å². The van der Waals surface area contributed by atoms with Crippen molar-refractivity contribution in [1.82, 2.24) is 19.7 Å². The molecule has 0 radical (unpaired) electrons. The summed E-state index contributed by atoms with van der Waals surface area (Å²) in [5, 5.41) is 3.37. The number of guanidine groups is 1. The van der Waals surface area contributed by atoms with E-state index in [0.29, 0.717) is 0 Å². The van der Waals surface area contributed by atoms with E-state index in [0.717, 1.165) is 56.2 Å². The van der Waals surface area contributed by atoms with Gasteiger partial charge in [0.25, 0.3) is 0 Å². The van der Waals surface area contributed by atoms with Crippen molar-refractivity contribution in [3.63, 3.8) is 0 Å². The van der Waals surface area contributed by atoms with Gasteiger partial charge in [0, 0.05) is 57.2 Å². The number of hydrogen-bond acceptors (Lipinski definition) is 3. The summed E-state index contributed by atoms with van der Waals surface area (Å²) in [6.07, 6.45) is 3.11. The summed E-state index contributed by atoms with van der Waals surface area (Å²) < 4.78 is 8.34. The van der Waals surface area contributed by atoms with Crippen LogP contribution in [0.4, 0.5) is 0 Å². The number of aromatic nitrogens is 1. The minimum Gasteiger partial charge on any atom is -0.383 e. The van der Waals surface area contributed by atoms with E-state index in [4.69, 9.17) is 9.73 Å². The highest BCUT2D eigenvalue weighted by Crippen LogP contribution is 2.14. The molecule has 0 unspecified atom stereocenters. The summed E-state index contributed by atoms with van der Waals surface area (Å²) in [6, 6.07) is 2.14. The molecule has 25 heavy (non-hydrogen) atoms. The lowest BCUT2D eigenvalue weighted by atomic mass is 10.4. The molecule has 0 spiro atoms. The average molecular weight is 530 g/mol. The molecule has 1 N–H and O–H groups in total. The van der Waals surface area contributed by atoms with Gasteiger partial charge < -0.3 is 24.4 Å². The summed E-state index contributed by atoms with van der Waals surface area (Å²) in [6.45, 7) is 7.37. The monoisotopic (exact) mass is 529 g/mol. The number of halogens is 2. The Bertz CT molecular complexity index is 509. The van der Waals surface area contributed by atoms with Gasteiger partial charge >= 0.3 is 0 Å². The minimum atomic E-state index is 0. The largest absolute Gasteiger partial charge is 0.383 e. The van der Waals surface area contributed by atoms with Crippen molar-refractivity contribution in [2.45, 2.75) is 19.9 Å². The highest BCUT2D eigenvalue weighted by Gasteiger charge is 2.09. The standard InChI is InChI=1S/C17H32BrN5O.HI/c1-6-19-17(20-8-7-9-21(2)10-11-24-5)23(4)14-16-12-15(18)13-22(16)3;/h12-13H,6-11,14H2,1-5H3,(H,19,20);1H. The van der Waals surface area contributed by atoms with Crippen LogP contribution in [-0.4, -0.2) is 74.3 Å². The molecule has 0 bridgehead atoms. The van der Waals surface area contributed by atoms with E-state index >= 15 is 0 Å². The second kappa shape index (κ2) is 13.8. The highest BCUT2D eigenvalue weighted by molar-refractivity contribution is 14.0. The molecular formula is C17H33BrIN5O. The smallest absolute Gasteiger partial charge is 0.194 e. The number of rotatable bonds is 10. The van der Waals surface area contributed by atoms with Crippen LogP contribution in [0.15, 0.2) is 21.7 Å². The predicted molar refractivity (Wildman–Crippen MR) is 120 cm³/mol. The van der Waals surface area contributed by atoms with Crippen molar-refractivity contribution in [2.24, 2.45) is 12.0 Å². The van der Waals surface area contributed by atoms with E-state index in [1.165, 1.54) is 5.69 Å². The Hall–Kier alpha value is -0.320. The number of nitrogens with zero attached hydrogens (tertiary/aromatic N) is 4. The molecular weight excluding hydrogens is 497 g/mol. The fourth-order valence-electron chi connectivity index (χ4n) is 2.40. The van der Waals surface area contributed by atoms with Crippen LogP contribution in [0.1, 0.15) is 19.0 Å². The molecule has 1 heterocycles. The molecule has 0 saturated carbocycles. The summed E-state index contributed by atoms with van der Waals surface area (Å²) in [4.78, 5) is 9.19. The van der Waals surface area contributed by atoms with E-state index < -0.39 is 0 Å². The molecule has 0 atom stereocenters. The van der Waals surface area contributed by atoms with Crippen molar-refractivity contribution < 1.29 is 4.74 Å². The van der Waals surface area contributed by atoms with E-state index in [1.54, 1.807) is 7.11 Å². The number of hydrogen-bond donors (Lipinski definition) is 1. The number of methoxy groups -OCH3 is 1. The molecule has 0 aliphatic rings. The third kappa shape index (κ3) is 9.81. The third-order valence-corrected chi connectivity index (χ3v) is 4.24. The average Bonchev–Trinajstić information content (AvgIpc) is 2.85. The van der Waals surface area contributed by atoms with Crippen LogP contribution in [-0.2, 0) is 18.3 Å². The Morgan fingerprint density at radius 2 is 2.08 bits per heavy atom. The van der Waals surface area contributed by atoms with Gasteiger partial charge in [-0.25, -0.2) is 0 Å². The molecule has 0 aliphatic heterocycles. The van der Waals surface area contributed by atoms with Gasteiger partial charge in [-0.1, -0.05) is 0 Å². The van der Waals surface area contributed by atoms with Gasteiger partial charge in [0.15, 0.2) is 5.96 Å². The normalized spacial score (nSPS) is 11.6. The van der Waals surface area contributed by atoms with Gasteiger partial charge in [-0.05, 0) is 48.9 Å². The van der Waals surface area contributed by atoms with E-state index in [1.807, 2.05) is 0 Å². The Balaban J connectivity index is 0.00000576. The molecule has 0 fully saturated rings. The molecule has 1 aromatic heterocycles. The quantitative estimate of drug-likeness (QED) is 0.219. The molecule has 1 aromatic rings. The lowest BCUT2D eigenvalue weighted by Gasteiger charge is -2.22. The molecule has 0 saturated heterocycles. The third-order valence-electron chi connectivity index (χ3n) is 3.81. The first-order valence-electron chi connectivity index (χ1n) is 8.45. The van der Waals surface area contributed by atoms with Crippen LogP contribution in [0.3, 0.4) is 0 Å². The summed E-state index contributed by atoms with van der Waals surface area (Å²) in [5.74, 6) is 0.953. The summed E-state index contributed by atoms with van der Waals surface area (Å²) in [7, 11) is 8.00. The predicted octanol–water partition coefficient (Wildman–Crippen LogP) is 2.77. The first-order chi connectivity index (χ1) is 11.5. The zero-order chi connectivity index (χ0) is 17.9. The molecule has 0 aromatic carbocycles. The maximum absolute atomic E-state index is 5.10. The maximum Gasteiger partial charge on any atom is 0.194 e. The van der Waals surface area contributed by atoms with Crippen molar-refractivity contribution in [3.8, 4) is 0 Å². The maximum atomic E-state index is 5.10. The highest BCUT2D eigenvalue weighted by atomic mass is 127. The van der Waals surface area contributed by atoms with Gasteiger partial charge in [0.2, 0.25) is 0 Å². The Kier molecular flexibility index (Phi) is 13.7. The molecule has 6 nitrogen and oxygen atoms in total. The van der Waals surface area contributed by atoms with Crippen molar-refractivity contribution >= 4 is 45.9 Å². The second-order valence-corrected chi connectivity index (χ2v) is 6.92. The lowest BCUT2D eigenvalue weighted by molar-refractivity contribution is 0.161. The minimum absolute atomic E-state index is 0. The number of likely N-dealkylation sites (N-methyl/N-ethyl adjacent to an activating group) is 1. The van der Waals surface area contributed by atoms with Crippen LogP contribution in [0.2, 0.25) is 0 Å². The van der Waals surface area contributed by atoms with E-state index in [-0.39, 0.29) is 24.0 Å². The fourth-order valence-corrected chi connectivity index (χ4v) is 2.97. The van der Waals surface area contributed by atoms with Crippen LogP contribution in [0.5, 0.6) is 0 Å². The summed E-state index contributed by atoms with van der Waals surface area (Å²) in [5.41, 5.74) is 1.24. The fraction of sp³-hybridized carbons (Fsp3) is 0.706. The Morgan fingerprint density at radius 3 is 2.64 bits per heavy atom. The van der Waals surface area contributed by atoms with Crippen LogP contribution in [0, 0.1) is 0 Å². The zero-order valence-electron chi connectivity index (χ0n) is 16.1. The van der Waals surface area contributed by atoms with Crippen LogP contribution >= 0.6 is 39.9 Å². The number of aryl methyl sites for hydroxylation is 1. The molecule has 8 heteroatoms. The Labute approximate surface area is 178 Å². The molecule has 146 valence electrons. The van der Waals surface area contributed by atoms with Gasteiger partial charge in [-0.15, -0.1) is 24.0 Å². The van der Waals surface area contributed by atoms with Gasteiger partial charge in [-0.2, -0.15) is 0 Å². The number of nitrogens with one attached hydrogen (secondary N) is 1. The zero-order valence-corrected chi connectivity index (χ0v) is 20.0. The summed E-state index contributed by atoms with van der Waals surface area (Å²) >= 11 is 3.52. The number of aliphatic imine (C=N–C) groups is 1. The first-order valence-corrected chi connectivity index (χ1v) is 9.24. The van der Waals surface area contributed by atoms with Crippen molar-refractivity contribution in [1.29, 1.82) is 0 Å². The molecule has 0 aliphatic carbocycles. The molecule has 0 amide bonds. The van der Waals surface area contributed by atoms with Gasteiger partial charge in [-0.3, -0.25) is 4.99 Å². The van der Waals surface area contributed by atoms with Crippen molar-refractivity contribution in [3.05, 3.63) is 22.4 Å². The van der Waals surface area contributed by atoms with Crippen molar-refractivity contribution in [2.75, 3.05) is 54.0 Å². The van der Waals surface area contributed by atoms with E-state index in [9.17, 15) is 0 Å². The van der Waals surface area contributed by atoms with Crippen LogP contribution in [0.25, 0.3) is 0 Å². The van der Waals surface area contributed by atoms with Gasteiger partial charge in [0.1, 0.15) is 0 Å².